The van der Waals surface area contributed by atoms with Gasteiger partial charge in [-0.25, -0.2) is 0 Å². The Labute approximate surface area is 467 Å². The van der Waals surface area contributed by atoms with Crippen molar-refractivity contribution in [1.29, 1.82) is 0 Å². The molecule has 75 heavy (non-hydrogen) atoms. The summed E-state index contributed by atoms with van der Waals surface area (Å²) in [5.74, 6) is -0.0325. The molecule has 0 radical (unpaired) electrons. The number of hydrogen-bond donors (Lipinski definition) is 3. The Hall–Kier alpha value is -2.95. The summed E-state index contributed by atoms with van der Waals surface area (Å²) in [4.78, 5) is 12.5. The topological polar surface area (TPSA) is 69.6 Å². The van der Waals surface area contributed by atoms with Gasteiger partial charge in [-0.05, 0) is 83.5 Å². The van der Waals surface area contributed by atoms with Gasteiger partial charge in [0.25, 0.3) is 0 Å². The van der Waals surface area contributed by atoms with Gasteiger partial charge in [0.15, 0.2) is 0 Å². The molecule has 0 aliphatic heterocycles. The summed E-state index contributed by atoms with van der Waals surface area (Å²) >= 11 is 0. The average Bonchev–Trinajstić information content (AvgIpc) is 3.41. The molecule has 4 nitrogen and oxygen atoms in total. The number of unbranched alkanes of at least 4 members (excludes halogenated alkanes) is 34. The smallest absolute Gasteiger partial charge is 0.220 e. The lowest BCUT2D eigenvalue weighted by Crippen LogP contribution is -2.45. The summed E-state index contributed by atoms with van der Waals surface area (Å²) < 4.78 is 0. The van der Waals surface area contributed by atoms with Crippen LogP contribution in [0.3, 0.4) is 0 Å². The van der Waals surface area contributed by atoms with E-state index < -0.39 is 12.1 Å². The summed E-state index contributed by atoms with van der Waals surface area (Å²) in [5.41, 5.74) is 0. The lowest BCUT2D eigenvalue weighted by molar-refractivity contribution is -0.123. The number of carbonyl (C=O) groups excluding carboxylic acids is 1. The van der Waals surface area contributed by atoms with E-state index in [9.17, 15) is 15.0 Å². The Kier molecular flexibility index (Phi) is 62.8. The van der Waals surface area contributed by atoms with Gasteiger partial charge in [-0.15, -0.1) is 0 Å². The van der Waals surface area contributed by atoms with Gasteiger partial charge in [-0.3, -0.25) is 4.79 Å². The van der Waals surface area contributed by atoms with Gasteiger partial charge in [0.1, 0.15) is 0 Å². The fourth-order valence-corrected chi connectivity index (χ4v) is 9.65. The highest BCUT2D eigenvalue weighted by molar-refractivity contribution is 5.76. The Balaban J connectivity index is 3.51. The van der Waals surface area contributed by atoms with Crippen molar-refractivity contribution in [2.75, 3.05) is 6.61 Å². The summed E-state index contributed by atoms with van der Waals surface area (Å²) in [7, 11) is 0. The predicted molar refractivity (Wildman–Crippen MR) is 336 cm³/mol. The third-order valence-electron chi connectivity index (χ3n) is 14.5. The highest BCUT2D eigenvalue weighted by Gasteiger charge is 2.20. The minimum Gasteiger partial charge on any atom is -0.394 e. The second-order valence-electron chi connectivity index (χ2n) is 21.8. The Bertz CT molecular complexity index is 1410. The van der Waals surface area contributed by atoms with Crippen LogP contribution in [0.2, 0.25) is 0 Å². The molecule has 0 spiro atoms. The largest absolute Gasteiger partial charge is 0.394 e. The third-order valence-corrected chi connectivity index (χ3v) is 14.5. The molecule has 0 saturated heterocycles. The molecule has 2 unspecified atom stereocenters. The van der Waals surface area contributed by atoms with Crippen molar-refractivity contribution in [3.8, 4) is 0 Å². The maximum Gasteiger partial charge on any atom is 0.220 e. The van der Waals surface area contributed by atoms with Crippen LogP contribution < -0.4 is 5.32 Å². The van der Waals surface area contributed by atoms with E-state index in [1.807, 2.05) is 0 Å². The monoisotopic (exact) mass is 1040 g/mol. The highest BCUT2D eigenvalue weighted by Crippen LogP contribution is 2.18. The number of nitrogens with one attached hydrogen (secondary N) is 1. The lowest BCUT2D eigenvalue weighted by atomic mass is 10.0. The predicted octanol–water partition coefficient (Wildman–Crippen LogP) is 22.2. The first-order valence-electron chi connectivity index (χ1n) is 32.6. The third kappa shape index (κ3) is 61.8. The highest BCUT2D eigenvalue weighted by atomic mass is 16.3. The zero-order chi connectivity index (χ0) is 54.1. The zero-order valence-corrected chi connectivity index (χ0v) is 49.8. The molecule has 1 amide bonds. The zero-order valence-electron chi connectivity index (χ0n) is 49.8. The molecular weight excluding hydrogens is 915 g/mol. The Morgan fingerprint density at radius 3 is 0.880 bits per heavy atom. The van der Waals surface area contributed by atoms with Gasteiger partial charge in [0.2, 0.25) is 5.91 Å². The molecule has 0 aliphatic carbocycles. The number of aliphatic hydroxyl groups is 2. The number of hydrogen-bond acceptors (Lipinski definition) is 3. The van der Waals surface area contributed by atoms with Crippen LogP contribution in [0.4, 0.5) is 0 Å². The van der Waals surface area contributed by atoms with E-state index in [4.69, 9.17) is 0 Å². The number of allylic oxidation sites excluding steroid dienone is 18. The Morgan fingerprint density at radius 1 is 0.333 bits per heavy atom. The second kappa shape index (κ2) is 65.3. The first-order valence-corrected chi connectivity index (χ1v) is 32.6. The van der Waals surface area contributed by atoms with Crippen LogP contribution in [-0.4, -0.2) is 34.9 Å². The molecule has 0 rings (SSSR count). The maximum atomic E-state index is 12.5. The van der Waals surface area contributed by atoms with Crippen LogP contribution in [0.1, 0.15) is 316 Å². The second-order valence-corrected chi connectivity index (χ2v) is 21.8. The molecule has 0 heterocycles. The standard InChI is InChI=1S/C71H125NO3/c1-3-5-7-9-11-13-15-17-19-21-23-25-27-28-29-30-31-32-33-34-35-36-37-38-39-40-41-42-43-44-45-47-49-51-53-55-57-59-61-63-65-67-71(75)72-69(68-73)70(74)66-64-62-60-58-56-54-52-50-48-46-26-24-22-20-18-16-14-12-10-8-6-4-2/h5,7,11,13,17,19,23,25,28-29,31-32,34-35,37-38,40-41,69-70,73-74H,3-4,6,8-10,12,14-16,18,20-22,24,26-27,30,33,36,39,42-68H2,1-2H3,(H,72,75)/b7-5-,13-11-,19-17-,25-23-,29-28-,32-31-,35-34-,38-37-,41-40-. The van der Waals surface area contributed by atoms with E-state index in [1.54, 1.807) is 0 Å². The summed E-state index contributed by atoms with van der Waals surface area (Å²) in [6.45, 7) is 4.26. The van der Waals surface area contributed by atoms with E-state index in [2.05, 4.69) is 129 Å². The van der Waals surface area contributed by atoms with E-state index in [0.717, 1.165) is 83.5 Å². The molecule has 0 aromatic carbocycles. The van der Waals surface area contributed by atoms with Gasteiger partial charge in [0.05, 0.1) is 18.8 Å². The summed E-state index contributed by atoms with van der Waals surface area (Å²) in [5, 5.41) is 23.4. The molecule has 2 atom stereocenters. The van der Waals surface area contributed by atoms with Gasteiger partial charge >= 0.3 is 0 Å². The summed E-state index contributed by atoms with van der Waals surface area (Å²) in [6, 6.07) is -0.544. The number of rotatable bonds is 59. The van der Waals surface area contributed by atoms with E-state index >= 15 is 0 Å². The van der Waals surface area contributed by atoms with Crippen LogP contribution in [0.5, 0.6) is 0 Å². The fraction of sp³-hybridized carbons (Fsp3) is 0.732. The molecule has 4 heteroatoms. The van der Waals surface area contributed by atoms with E-state index in [0.29, 0.717) is 12.8 Å². The van der Waals surface area contributed by atoms with Gasteiger partial charge in [-0.1, -0.05) is 335 Å². The summed E-state index contributed by atoms with van der Waals surface area (Å²) in [6.07, 6.45) is 98.2. The molecular formula is C71H125NO3. The van der Waals surface area contributed by atoms with Crippen molar-refractivity contribution in [2.24, 2.45) is 0 Å². The van der Waals surface area contributed by atoms with Crippen molar-refractivity contribution in [1.82, 2.24) is 5.32 Å². The van der Waals surface area contributed by atoms with Crippen LogP contribution in [0.15, 0.2) is 109 Å². The van der Waals surface area contributed by atoms with Crippen molar-refractivity contribution in [3.05, 3.63) is 109 Å². The number of amides is 1. The first-order chi connectivity index (χ1) is 37.2. The van der Waals surface area contributed by atoms with Crippen molar-refractivity contribution in [2.45, 2.75) is 328 Å². The molecule has 0 aromatic rings. The SMILES string of the molecule is CC/C=C\C/C=C\C/C=C\C/C=C\C/C=C\C/C=C\C/C=C\C/C=C\C/C=C\CCCCCCCCCCCCCCCC(=O)NC(CO)C(O)CCCCCCCCCCCCCCCCCCCCCCCC. The minimum absolute atomic E-state index is 0.0325. The molecule has 0 saturated carbocycles. The Morgan fingerprint density at radius 2 is 0.587 bits per heavy atom. The van der Waals surface area contributed by atoms with Crippen LogP contribution >= 0.6 is 0 Å². The quantitative estimate of drug-likeness (QED) is 0.0420. The van der Waals surface area contributed by atoms with Crippen LogP contribution in [-0.2, 0) is 4.79 Å². The molecule has 432 valence electrons. The fourth-order valence-electron chi connectivity index (χ4n) is 9.65. The number of aliphatic hydroxyl groups excluding tert-OH is 2. The normalized spacial score (nSPS) is 13.5. The molecule has 3 N–H and O–H groups in total. The van der Waals surface area contributed by atoms with E-state index in [-0.39, 0.29) is 12.5 Å². The molecule has 0 fully saturated rings. The van der Waals surface area contributed by atoms with Gasteiger partial charge in [-0.2, -0.15) is 0 Å². The van der Waals surface area contributed by atoms with Crippen molar-refractivity contribution in [3.63, 3.8) is 0 Å². The van der Waals surface area contributed by atoms with Crippen LogP contribution in [0, 0.1) is 0 Å². The average molecular weight is 1040 g/mol. The van der Waals surface area contributed by atoms with Gasteiger partial charge in [0, 0.05) is 6.42 Å². The molecule has 0 aliphatic rings. The van der Waals surface area contributed by atoms with E-state index in [1.165, 1.54) is 205 Å². The first kappa shape index (κ1) is 72.0. The van der Waals surface area contributed by atoms with Crippen LogP contribution in [0.25, 0.3) is 0 Å². The van der Waals surface area contributed by atoms with Crippen molar-refractivity contribution < 1.29 is 15.0 Å². The molecule has 0 bridgehead atoms. The molecule has 0 aromatic heterocycles. The van der Waals surface area contributed by atoms with Gasteiger partial charge < -0.3 is 15.5 Å². The lowest BCUT2D eigenvalue weighted by Gasteiger charge is -2.22. The maximum absolute atomic E-state index is 12.5. The number of carbonyl (C=O) groups is 1. The minimum atomic E-state index is -0.666. The van der Waals surface area contributed by atoms with Crippen molar-refractivity contribution >= 4 is 5.91 Å².